The van der Waals surface area contributed by atoms with Crippen LogP contribution in [-0.4, -0.2) is 14.2 Å². The van der Waals surface area contributed by atoms with E-state index in [0.29, 0.717) is 4.90 Å². The Hall–Kier alpha value is -0.360. The van der Waals surface area contributed by atoms with Crippen LogP contribution in [-0.2, 0) is 9.84 Å². The fraction of sp³-hybridized carbons (Fsp3) is 0.273. The van der Waals surface area contributed by atoms with Crippen molar-refractivity contribution in [3.63, 3.8) is 0 Å². The van der Waals surface area contributed by atoms with Crippen molar-refractivity contribution in [2.75, 3.05) is 5.75 Å². The highest BCUT2D eigenvalue weighted by Crippen LogP contribution is 2.19. The minimum absolute atomic E-state index is 0.0971. The van der Waals surface area contributed by atoms with Gasteiger partial charge in [0, 0.05) is 3.58 Å². The smallest absolute Gasteiger partial charge is 0.182 e. The van der Waals surface area contributed by atoms with Gasteiger partial charge in [0.15, 0.2) is 9.84 Å². The van der Waals surface area contributed by atoms with E-state index in [4.69, 9.17) is 0 Å². The third-order valence-electron chi connectivity index (χ3n) is 1.96. The van der Waals surface area contributed by atoms with E-state index in [1.165, 1.54) is 0 Å². The zero-order valence-corrected chi connectivity index (χ0v) is 11.7. The van der Waals surface area contributed by atoms with Crippen molar-refractivity contribution in [3.05, 3.63) is 39.5 Å². The van der Waals surface area contributed by atoms with Crippen LogP contribution in [0.3, 0.4) is 0 Å². The second kappa shape index (κ2) is 5.12. The second-order valence-corrected chi connectivity index (χ2v) is 6.77. The van der Waals surface area contributed by atoms with Crippen LogP contribution in [0.2, 0.25) is 0 Å². The van der Waals surface area contributed by atoms with Crippen molar-refractivity contribution in [1.29, 1.82) is 0 Å². The number of hydrogen-bond acceptors (Lipinski definition) is 2. The molecule has 0 atom stereocenters. The molecule has 15 heavy (non-hydrogen) atoms. The molecule has 0 amide bonds. The molecule has 1 aromatic carbocycles. The van der Waals surface area contributed by atoms with E-state index in [9.17, 15) is 8.42 Å². The first kappa shape index (κ1) is 12.7. The van der Waals surface area contributed by atoms with Gasteiger partial charge in [0.2, 0.25) is 0 Å². The summed E-state index contributed by atoms with van der Waals surface area (Å²) in [7, 11) is -3.17. The van der Waals surface area contributed by atoms with Crippen LogP contribution in [0.25, 0.3) is 0 Å². The van der Waals surface area contributed by atoms with E-state index in [-0.39, 0.29) is 5.75 Å². The Labute approximate surface area is 104 Å². The Morgan fingerprint density at radius 3 is 2.20 bits per heavy atom. The fourth-order valence-corrected chi connectivity index (χ4v) is 3.61. The summed E-state index contributed by atoms with van der Waals surface area (Å²) in [4.78, 5) is 0.389. The maximum absolute atomic E-state index is 11.9. The predicted octanol–water partition coefficient (Wildman–Crippen LogP) is 3.19. The van der Waals surface area contributed by atoms with Crippen LogP contribution in [0.5, 0.6) is 0 Å². The lowest BCUT2D eigenvalue weighted by molar-refractivity contribution is 0.599. The van der Waals surface area contributed by atoms with Gasteiger partial charge in [0.1, 0.15) is 0 Å². The Morgan fingerprint density at radius 2 is 1.73 bits per heavy atom. The highest BCUT2D eigenvalue weighted by molar-refractivity contribution is 14.1. The molecule has 0 aromatic heterocycles. The van der Waals surface area contributed by atoms with Gasteiger partial charge in [-0.2, -0.15) is 0 Å². The normalized spacial score (nSPS) is 11.1. The van der Waals surface area contributed by atoms with Crippen LogP contribution >= 0.6 is 22.6 Å². The molecular formula is C11H13IO2S. The molecule has 0 aliphatic heterocycles. The number of benzene rings is 1. The van der Waals surface area contributed by atoms with Crippen LogP contribution in [0.15, 0.2) is 44.4 Å². The average molecular weight is 336 g/mol. The predicted molar refractivity (Wildman–Crippen MR) is 70.9 cm³/mol. The third-order valence-corrected chi connectivity index (χ3v) is 5.60. The SMILES string of the molecule is CC(C)=C(I)CS(=O)(=O)c1ccccc1. The van der Waals surface area contributed by atoms with Crippen molar-refractivity contribution in [1.82, 2.24) is 0 Å². The molecule has 0 saturated heterocycles. The monoisotopic (exact) mass is 336 g/mol. The zero-order chi connectivity index (χ0) is 11.5. The van der Waals surface area contributed by atoms with E-state index >= 15 is 0 Å². The quantitative estimate of drug-likeness (QED) is 0.795. The molecule has 0 radical (unpaired) electrons. The highest BCUT2D eigenvalue weighted by Gasteiger charge is 2.15. The minimum atomic E-state index is -3.17. The lowest BCUT2D eigenvalue weighted by Gasteiger charge is -2.04. The number of sulfone groups is 1. The van der Waals surface area contributed by atoms with Gasteiger partial charge in [-0.05, 0) is 48.6 Å². The van der Waals surface area contributed by atoms with Crippen LogP contribution < -0.4 is 0 Å². The minimum Gasteiger partial charge on any atom is -0.223 e. The molecule has 0 N–H and O–H groups in total. The first-order chi connectivity index (χ1) is 6.93. The standard InChI is InChI=1S/C11H13IO2S/c1-9(2)11(12)8-15(13,14)10-6-4-3-5-7-10/h3-7H,8H2,1-2H3. The van der Waals surface area contributed by atoms with E-state index in [0.717, 1.165) is 9.15 Å². The van der Waals surface area contributed by atoms with Gasteiger partial charge >= 0.3 is 0 Å². The Bertz CT molecular complexity index is 457. The summed E-state index contributed by atoms with van der Waals surface area (Å²) in [6.45, 7) is 3.84. The van der Waals surface area contributed by atoms with Crippen molar-refractivity contribution in [3.8, 4) is 0 Å². The summed E-state index contributed by atoms with van der Waals surface area (Å²) in [6.07, 6.45) is 0. The van der Waals surface area contributed by atoms with E-state index in [2.05, 4.69) is 22.6 Å². The Morgan fingerprint density at radius 1 is 1.20 bits per heavy atom. The van der Waals surface area contributed by atoms with Crippen molar-refractivity contribution in [2.45, 2.75) is 18.7 Å². The van der Waals surface area contributed by atoms with E-state index in [1.54, 1.807) is 24.3 Å². The van der Waals surface area contributed by atoms with Crippen LogP contribution in [0.1, 0.15) is 13.8 Å². The van der Waals surface area contributed by atoms with Gasteiger partial charge in [-0.15, -0.1) is 0 Å². The molecule has 0 fully saturated rings. The fourth-order valence-electron chi connectivity index (χ4n) is 1.02. The molecule has 82 valence electrons. The average Bonchev–Trinajstić information content (AvgIpc) is 2.18. The number of hydrogen-bond donors (Lipinski definition) is 0. The van der Waals surface area contributed by atoms with Gasteiger partial charge in [-0.3, -0.25) is 0 Å². The van der Waals surface area contributed by atoms with E-state index < -0.39 is 9.84 Å². The van der Waals surface area contributed by atoms with Crippen molar-refractivity contribution in [2.24, 2.45) is 0 Å². The maximum Gasteiger partial charge on any atom is 0.182 e. The largest absolute Gasteiger partial charge is 0.223 e. The van der Waals surface area contributed by atoms with E-state index in [1.807, 2.05) is 19.9 Å². The van der Waals surface area contributed by atoms with Crippen LogP contribution in [0.4, 0.5) is 0 Å². The lowest BCUT2D eigenvalue weighted by atomic mass is 10.3. The second-order valence-electron chi connectivity index (χ2n) is 3.48. The van der Waals surface area contributed by atoms with Crippen LogP contribution in [0, 0.1) is 0 Å². The molecular weight excluding hydrogens is 323 g/mol. The first-order valence-electron chi connectivity index (χ1n) is 4.53. The first-order valence-corrected chi connectivity index (χ1v) is 7.26. The summed E-state index contributed by atoms with van der Waals surface area (Å²) in [5, 5.41) is 0. The maximum atomic E-state index is 11.9. The third kappa shape index (κ3) is 3.61. The molecule has 0 heterocycles. The van der Waals surface area contributed by atoms with Crippen molar-refractivity contribution < 1.29 is 8.42 Å². The summed E-state index contributed by atoms with van der Waals surface area (Å²) in [5.41, 5.74) is 1.05. The number of halogens is 1. The molecule has 0 saturated carbocycles. The number of rotatable bonds is 3. The summed E-state index contributed by atoms with van der Waals surface area (Å²) >= 11 is 2.08. The molecule has 0 aliphatic rings. The van der Waals surface area contributed by atoms with Gasteiger partial charge in [0.25, 0.3) is 0 Å². The van der Waals surface area contributed by atoms with Gasteiger partial charge in [0.05, 0.1) is 10.6 Å². The highest BCUT2D eigenvalue weighted by atomic mass is 127. The van der Waals surface area contributed by atoms with Gasteiger partial charge < -0.3 is 0 Å². The molecule has 0 aliphatic carbocycles. The molecule has 1 aromatic rings. The lowest BCUT2D eigenvalue weighted by Crippen LogP contribution is -2.07. The number of allylic oxidation sites excluding steroid dienone is 1. The molecule has 2 nitrogen and oxygen atoms in total. The summed E-state index contributed by atoms with van der Waals surface area (Å²) < 4.78 is 24.7. The molecule has 1 rings (SSSR count). The zero-order valence-electron chi connectivity index (χ0n) is 8.70. The Balaban J connectivity index is 3.02. The Kier molecular flexibility index (Phi) is 4.33. The van der Waals surface area contributed by atoms with Crippen molar-refractivity contribution >= 4 is 32.4 Å². The summed E-state index contributed by atoms with van der Waals surface area (Å²) in [5.74, 6) is 0.0971. The van der Waals surface area contributed by atoms with Gasteiger partial charge in [-0.1, -0.05) is 23.8 Å². The molecule has 0 unspecified atom stereocenters. The molecule has 0 spiro atoms. The topological polar surface area (TPSA) is 34.1 Å². The molecule has 4 heteroatoms. The van der Waals surface area contributed by atoms with Gasteiger partial charge in [-0.25, -0.2) is 8.42 Å². The summed E-state index contributed by atoms with van der Waals surface area (Å²) in [6, 6.07) is 8.55. The molecule has 0 bridgehead atoms.